The molecule has 2 aromatic carbocycles. The molecule has 6 heteroatoms. The molecule has 0 unspecified atom stereocenters. The number of carbonyl (C=O) groups excluding carboxylic acids is 2. The number of pyridine rings is 1. The molecule has 0 bridgehead atoms. The van der Waals surface area contributed by atoms with Gasteiger partial charge in [-0.2, -0.15) is 0 Å². The van der Waals surface area contributed by atoms with Gasteiger partial charge in [-0.3, -0.25) is 14.6 Å². The second kappa shape index (κ2) is 7.91. The second-order valence-electron chi connectivity index (χ2n) is 7.16. The van der Waals surface area contributed by atoms with Crippen LogP contribution in [0.15, 0.2) is 78.6 Å². The summed E-state index contributed by atoms with van der Waals surface area (Å²) in [5.74, 6) is -2.41. The summed E-state index contributed by atoms with van der Waals surface area (Å²) in [6.07, 6.45) is 3.24. The highest BCUT2D eigenvalue weighted by molar-refractivity contribution is 6.46. The van der Waals surface area contributed by atoms with Gasteiger partial charge < -0.3 is 10.0 Å². The van der Waals surface area contributed by atoms with Crippen LogP contribution in [-0.4, -0.2) is 26.7 Å². The van der Waals surface area contributed by atoms with E-state index in [1.54, 1.807) is 49.6 Å². The summed E-state index contributed by atoms with van der Waals surface area (Å²) >= 11 is 0. The highest BCUT2D eigenvalue weighted by Gasteiger charge is 2.46. The van der Waals surface area contributed by atoms with Crippen molar-refractivity contribution < 1.29 is 19.1 Å². The summed E-state index contributed by atoms with van der Waals surface area (Å²) in [7, 11) is 0. The van der Waals surface area contributed by atoms with E-state index in [4.69, 9.17) is 0 Å². The van der Waals surface area contributed by atoms with Crippen LogP contribution in [0.1, 0.15) is 28.3 Å². The van der Waals surface area contributed by atoms with E-state index in [0.29, 0.717) is 11.1 Å². The Morgan fingerprint density at radius 3 is 2.53 bits per heavy atom. The molecule has 0 spiro atoms. The number of nitrogens with zero attached hydrogens (tertiary/aromatic N) is 2. The Labute approximate surface area is 173 Å². The zero-order valence-electron chi connectivity index (χ0n) is 16.2. The van der Waals surface area contributed by atoms with Gasteiger partial charge in [-0.15, -0.1) is 0 Å². The maximum atomic E-state index is 14.1. The fraction of sp³-hybridized carbons (Fsp3) is 0.125. The smallest absolute Gasteiger partial charge is 0.295 e. The van der Waals surface area contributed by atoms with Crippen molar-refractivity contribution in [3.05, 3.63) is 107 Å². The van der Waals surface area contributed by atoms with Crippen LogP contribution in [0.4, 0.5) is 4.39 Å². The van der Waals surface area contributed by atoms with Crippen LogP contribution in [0.2, 0.25) is 0 Å². The molecule has 30 heavy (non-hydrogen) atoms. The first-order valence-electron chi connectivity index (χ1n) is 9.46. The van der Waals surface area contributed by atoms with Crippen LogP contribution in [0, 0.1) is 12.7 Å². The van der Waals surface area contributed by atoms with E-state index in [-0.39, 0.29) is 17.7 Å². The molecule has 150 valence electrons. The molecule has 1 amide bonds. The molecule has 1 saturated heterocycles. The van der Waals surface area contributed by atoms with Crippen LogP contribution in [0.3, 0.4) is 0 Å². The van der Waals surface area contributed by atoms with Crippen molar-refractivity contribution in [3.63, 3.8) is 0 Å². The van der Waals surface area contributed by atoms with Crippen molar-refractivity contribution >= 4 is 17.4 Å². The van der Waals surface area contributed by atoms with Crippen LogP contribution >= 0.6 is 0 Å². The lowest BCUT2D eigenvalue weighted by molar-refractivity contribution is -0.140. The average Bonchev–Trinajstić information content (AvgIpc) is 3.01. The third kappa shape index (κ3) is 3.48. The predicted molar refractivity (Wildman–Crippen MR) is 110 cm³/mol. The van der Waals surface area contributed by atoms with E-state index in [1.165, 1.54) is 23.1 Å². The van der Waals surface area contributed by atoms with Crippen LogP contribution in [-0.2, 0) is 16.1 Å². The average molecular weight is 402 g/mol. The Hall–Kier alpha value is -3.80. The van der Waals surface area contributed by atoms with E-state index >= 15 is 0 Å². The van der Waals surface area contributed by atoms with E-state index in [0.717, 1.165) is 5.56 Å². The number of Topliss-reactive ketones (excluding diaryl/α,β-unsaturated/α-hetero) is 1. The summed E-state index contributed by atoms with van der Waals surface area (Å²) in [4.78, 5) is 31.3. The van der Waals surface area contributed by atoms with E-state index in [9.17, 15) is 19.1 Å². The fourth-order valence-corrected chi connectivity index (χ4v) is 3.61. The van der Waals surface area contributed by atoms with Crippen LogP contribution < -0.4 is 0 Å². The van der Waals surface area contributed by atoms with Crippen molar-refractivity contribution in [1.82, 2.24) is 9.88 Å². The number of benzene rings is 2. The number of amides is 1. The third-order valence-corrected chi connectivity index (χ3v) is 5.18. The van der Waals surface area contributed by atoms with E-state index in [1.807, 2.05) is 12.1 Å². The predicted octanol–water partition coefficient (Wildman–Crippen LogP) is 4.15. The number of likely N-dealkylation sites (tertiary alicyclic amines) is 1. The molecule has 1 aliphatic rings. The minimum atomic E-state index is -0.800. The number of hydrogen-bond acceptors (Lipinski definition) is 4. The highest BCUT2D eigenvalue weighted by atomic mass is 19.1. The Morgan fingerprint density at radius 2 is 1.87 bits per heavy atom. The van der Waals surface area contributed by atoms with Gasteiger partial charge in [0.1, 0.15) is 11.6 Å². The van der Waals surface area contributed by atoms with Gasteiger partial charge in [0.05, 0.1) is 11.6 Å². The Balaban J connectivity index is 1.86. The van der Waals surface area contributed by atoms with Gasteiger partial charge >= 0.3 is 0 Å². The molecule has 1 fully saturated rings. The van der Waals surface area contributed by atoms with Crippen molar-refractivity contribution in [2.24, 2.45) is 0 Å². The second-order valence-corrected chi connectivity index (χ2v) is 7.16. The number of aromatic nitrogens is 1. The Kier molecular flexibility index (Phi) is 5.14. The van der Waals surface area contributed by atoms with Gasteiger partial charge in [0.2, 0.25) is 0 Å². The van der Waals surface area contributed by atoms with Gasteiger partial charge in [0.25, 0.3) is 11.7 Å². The summed E-state index contributed by atoms with van der Waals surface area (Å²) in [5.41, 5.74) is 1.94. The number of aliphatic hydroxyl groups excluding tert-OH is 1. The minimum Gasteiger partial charge on any atom is -0.507 e. The van der Waals surface area contributed by atoms with Gasteiger partial charge in [-0.25, -0.2) is 4.39 Å². The Morgan fingerprint density at radius 1 is 1.10 bits per heavy atom. The number of aliphatic hydroxyl groups is 1. The molecule has 0 radical (unpaired) electrons. The lowest BCUT2D eigenvalue weighted by atomic mass is 9.95. The van der Waals surface area contributed by atoms with Gasteiger partial charge in [0, 0.05) is 24.5 Å². The summed E-state index contributed by atoms with van der Waals surface area (Å²) in [6.45, 7) is 1.76. The molecule has 1 aromatic heterocycles. The van der Waals surface area contributed by atoms with E-state index in [2.05, 4.69) is 4.98 Å². The summed E-state index contributed by atoms with van der Waals surface area (Å²) < 4.78 is 14.1. The lowest BCUT2D eigenvalue weighted by Gasteiger charge is -2.25. The van der Waals surface area contributed by atoms with E-state index < -0.39 is 29.3 Å². The number of ketones is 1. The first-order valence-corrected chi connectivity index (χ1v) is 9.46. The lowest BCUT2D eigenvalue weighted by Crippen LogP contribution is -2.29. The quantitative estimate of drug-likeness (QED) is 0.404. The van der Waals surface area contributed by atoms with Crippen LogP contribution in [0.5, 0.6) is 0 Å². The minimum absolute atomic E-state index is 0.0571. The van der Waals surface area contributed by atoms with Gasteiger partial charge in [-0.05, 0) is 35.7 Å². The van der Waals surface area contributed by atoms with Crippen molar-refractivity contribution in [2.45, 2.75) is 19.5 Å². The molecule has 0 aliphatic carbocycles. The van der Waals surface area contributed by atoms with Crippen molar-refractivity contribution in [2.75, 3.05) is 0 Å². The topological polar surface area (TPSA) is 70.5 Å². The molecular formula is C24H19FN2O3. The van der Waals surface area contributed by atoms with Crippen molar-refractivity contribution in [1.29, 1.82) is 0 Å². The van der Waals surface area contributed by atoms with Crippen LogP contribution in [0.25, 0.3) is 5.76 Å². The largest absolute Gasteiger partial charge is 0.507 e. The third-order valence-electron chi connectivity index (χ3n) is 5.18. The normalized spacial score (nSPS) is 18.1. The highest BCUT2D eigenvalue weighted by Crippen LogP contribution is 2.40. The standard InChI is InChI=1S/C24H19FN2O3/c1-15-9-10-18(12-19(15)25)22(28)20-21(17-7-3-2-4-8-17)27(24(30)23(20)29)14-16-6-5-11-26-13-16/h2-13,21,28H,14H2,1H3/t21-/m0/s1. The Bertz CT molecular complexity index is 1140. The molecule has 1 N–H and O–H groups in total. The maximum Gasteiger partial charge on any atom is 0.295 e. The first-order chi connectivity index (χ1) is 14.5. The molecule has 4 rings (SSSR count). The molecule has 1 atom stereocenters. The molecule has 1 aliphatic heterocycles. The molecule has 3 aromatic rings. The zero-order valence-corrected chi connectivity index (χ0v) is 16.2. The molecule has 5 nitrogen and oxygen atoms in total. The molecular weight excluding hydrogens is 383 g/mol. The monoisotopic (exact) mass is 402 g/mol. The zero-order chi connectivity index (χ0) is 21.3. The van der Waals surface area contributed by atoms with Gasteiger partial charge in [0.15, 0.2) is 0 Å². The maximum absolute atomic E-state index is 14.1. The van der Waals surface area contributed by atoms with Gasteiger partial charge in [-0.1, -0.05) is 48.5 Å². The first kappa shape index (κ1) is 19.5. The molecule has 2 heterocycles. The number of rotatable bonds is 4. The summed E-state index contributed by atoms with van der Waals surface area (Å²) in [6, 6.07) is 16.0. The fourth-order valence-electron chi connectivity index (χ4n) is 3.61. The SMILES string of the molecule is Cc1ccc(C(O)=C2C(=O)C(=O)N(Cc3cccnc3)[C@H]2c2ccccc2)cc1F. The number of aryl methyl sites for hydroxylation is 1. The summed E-state index contributed by atoms with van der Waals surface area (Å²) in [5, 5.41) is 10.9. The number of hydrogen-bond donors (Lipinski definition) is 1. The van der Waals surface area contributed by atoms with Crippen molar-refractivity contribution in [3.8, 4) is 0 Å². The molecule has 0 saturated carbocycles. The number of carbonyl (C=O) groups is 2. The number of halogens is 1.